The molecular formula is C13H14O3S. The number of rotatable bonds is 3. The van der Waals surface area contributed by atoms with Crippen molar-refractivity contribution in [1.82, 2.24) is 0 Å². The van der Waals surface area contributed by atoms with E-state index in [1.54, 1.807) is 6.07 Å². The van der Waals surface area contributed by atoms with Crippen LogP contribution < -0.4 is 0 Å². The van der Waals surface area contributed by atoms with Gasteiger partial charge in [-0.3, -0.25) is 9.59 Å². The van der Waals surface area contributed by atoms with Gasteiger partial charge in [-0.15, -0.1) is 11.8 Å². The van der Waals surface area contributed by atoms with Gasteiger partial charge in [0.15, 0.2) is 5.78 Å². The largest absolute Gasteiger partial charge is 0.481 e. The van der Waals surface area contributed by atoms with Crippen LogP contribution >= 0.6 is 11.8 Å². The minimum atomic E-state index is -1.07. The normalized spacial score (nSPS) is 18.5. The molecule has 1 atom stereocenters. The molecule has 0 amide bonds. The van der Waals surface area contributed by atoms with Crippen molar-refractivity contribution in [2.24, 2.45) is 0 Å². The second-order valence-electron chi connectivity index (χ2n) is 4.28. The fraction of sp³-hybridized carbons (Fsp3) is 0.385. The van der Waals surface area contributed by atoms with Crippen LogP contribution in [0.4, 0.5) is 0 Å². The van der Waals surface area contributed by atoms with Crippen LogP contribution in [-0.4, -0.2) is 22.1 Å². The summed E-state index contributed by atoms with van der Waals surface area (Å²) in [6.07, 6.45) is 1.65. The number of ketones is 1. The summed E-state index contributed by atoms with van der Waals surface area (Å²) in [6, 6.07) is 5.51. The first-order valence-corrected chi connectivity index (χ1v) is 6.49. The van der Waals surface area contributed by atoms with E-state index in [9.17, 15) is 9.59 Å². The molecule has 0 bridgehead atoms. The van der Waals surface area contributed by atoms with E-state index in [1.807, 2.05) is 23.9 Å². The monoisotopic (exact) mass is 250 g/mol. The van der Waals surface area contributed by atoms with Crippen LogP contribution in [0.15, 0.2) is 23.1 Å². The molecule has 0 aromatic heterocycles. The maximum Gasteiger partial charge on any atom is 0.311 e. The number of Topliss-reactive ketones (excluding diaryl/α,β-unsaturated/α-hetero) is 1. The molecule has 2 rings (SSSR count). The first-order chi connectivity index (χ1) is 8.06. The number of thioether (sulfide) groups is 1. The first kappa shape index (κ1) is 12.2. The highest BCUT2D eigenvalue weighted by atomic mass is 32.2. The molecule has 1 aromatic rings. The van der Waals surface area contributed by atoms with Crippen LogP contribution in [0.1, 0.15) is 35.7 Å². The highest BCUT2D eigenvalue weighted by molar-refractivity contribution is 8.00. The van der Waals surface area contributed by atoms with E-state index in [0.717, 1.165) is 12.8 Å². The van der Waals surface area contributed by atoms with Crippen molar-refractivity contribution in [2.45, 2.75) is 36.3 Å². The van der Waals surface area contributed by atoms with Crippen molar-refractivity contribution in [1.29, 1.82) is 0 Å². The molecule has 1 aliphatic heterocycles. The molecule has 3 nitrogen and oxygen atoms in total. The lowest BCUT2D eigenvalue weighted by Crippen LogP contribution is -2.10. The van der Waals surface area contributed by atoms with Gasteiger partial charge >= 0.3 is 5.97 Å². The number of aliphatic carboxylic acids is 1. The second-order valence-corrected chi connectivity index (χ2v) is 5.76. The molecule has 1 aliphatic rings. The minimum Gasteiger partial charge on any atom is -0.481 e. The lowest BCUT2D eigenvalue weighted by molar-refractivity contribution is -0.135. The average molecular weight is 250 g/mol. The summed E-state index contributed by atoms with van der Waals surface area (Å²) in [5.41, 5.74) is 1.69. The summed E-state index contributed by atoms with van der Waals surface area (Å²) in [5.74, 6) is -1.39. The molecule has 90 valence electrons. The van der Waals surface area contributed by atoms with Gasteiger partial charge in [-0.25, -0.2) is 0 Å². The van der Waals surface area contributed by atoms with Crippen molar-refractivity contribution in [3.63, 3.8) is 0 Å². The van der Waals surface area contributed by atoms with E-state index in [1.165, 1.54) is 10.5 Å². The highest BCUT2D eigenvalue weighted by Gasteiger charge is 2.18. The van der Waals surface area contributed by atoms with Gasteiger partial charge in [-0.2, -0.15) is 0 Å². The van der Waals surface area contributed by atoms with Gasteiger partial charge in [-0.05, 0) is 30.5 Å². The number of benzene rings is 1. The molecule has 1 heterocycles. The molecule has 4 heteroatoms. The standard InChI is InChI=1S/C13H14O3S/c1-8-2-3-10-6-9(4-5-12(10)17-8)11(14)7-13(15)16/h4-6,8H,2-3,7H2,1H3,(H,15,16). The van der Waals surface area contributed by atoms with E-state index in [0.29, 0.717) is 10.8 Å². The van der Waals surface area contributed by atoms with Gasteiger partial charge in [0.05, 0.1) is 0 Å². The van der Waals surface area contributed by atoms with Gasteiger partial charge in [0.1, 0.15) is 6.42 Å². The summed E-state index contributed by atoms with van der Waals surface area (Å²) in [5, 5.41) is 9.21. The first-order valence-electron chi connectivity index (χ1n) is 5.61. The summed E-state index contributed by atoms with van der Waals surface area (Å²) < 4.78 is 0. The summed E-state index contributed by atoms with van der Waals surface area (Å²) in [7, 11) is 0. The Bertz CT molecular complexity index is 468. The molecule has 0 fully saturated rings. The Morgan fingerprint density at radius 2 is 2.24 bits per heavy atom. The number of aryl methyl sites for hydroxylation is 1. The fourth-order valence-electron chi connectivity index (χ4n) is 1.94. The van der Waals surface area contributed by atoms with Crippen LogP contribution in [0, 0.1) is 0 Å². The van der Waals surface area contributed by atoms with Gasteiger partial charge < -0.3 is 5.11 Å². The Morgan fingerprint density at radius 1 is 1.47 bits per heavy atom. The molecule has 0 saturated carbocycles. The SMILES string of the molecule is CC1CCc2cc(C(=O)CC(=O)O)ccc2S1. The summed E-state index contributed by atoms with van der Waals surface area (Å²) in [4.78, 5) is 23.3. The van der Waals surface area contributed by atoms with Gasteiger partial charge in [0.2, 0.25) is 0 Å². The maximum absolute atomic E-state index is 11.6. The topological polar surface area (TPSA) is 54.4 Å². The molecule has 0 aliphatic carbocycles. The third kappa shape index (κ3) is 2.88. The minimum absolute atomic E-state index is 0.316. The van der Waals surface area contributed by atoms with Crippen LogP contribution in [0.3, 0.4) is 0 Å². The number of hydrogen-bond acceptors (Lipinski definition) is 3. The average Bonchev–Trinajstić information content (AvgIpc) is 2.27. The van der Waals surface area contributed by atoms with Crippen molar-refractivity contribution < 1.29 is 14.7 Å². The Kier molecular flexibility index (Phi) is 3.52. The van der Waals surface area contributed by atoms with Crippen molar-refractivity contribution in [2.75, 3.05) is 0 Å². The van der Waals surface area contributed by atoms with Gasteiger partial charge in [0, 0.05) is 15.7 Å². The van der Waals surface area contributed by atoms with Crippen LogP contribution in [0.2, 0.25) is 0 Å². The molecule has 1 unspecified atom stereocenters. The van der Waals surface area contributed by atoms with E-state index >= 15 is 0 Å². The molecule has 1 N–H and O–H groups in total. The summed E-state index contributed by atoms with van der Waals surface area (Å²) in [6.45, 7) is 2.19. The number of carbonyl (C=O) groups excluding carboxylic acids is 1. The Hall–Kier alpha value is -1.29. The maximum atomic E-state index is 11.6. The Labute approximate surface area is 104 Å². The molecule has 0 radical (unpaired) electrons. The quantitative estimate of drug-likeness (QED) is 0.662. The highest BCUT2D eigenvalue weighted by Crippen LogP contribution is 2.35. The second kappa shape index (κ2) is 4.92. The van der Waals surface area contributed by atoms with E-state index in [2.05, 4.69) is 6.92 Å². The number of fused-ring (bicyclic) bond motifs is 1. The van der Waals surface area contributed by atoms with Gasteiger partial charge in [0.25, 0.3) is 0 Å². The van der Waals surface area contributed by atoms with Crippen LogP contribution in [-0.2, 0) is 11.2 Å². The zero-order chi connectivity index (χ0) is 12.4. The molecule has 0 spiro atoms. The third-order valence-corrected chi connectivity index (χ3v) is 4.13. The molecule has 0 saturated heterocycles. The van der Waals surface area contributed by atoms with Crippen molar-refractivity contribution in [3.8, 4) is 0 Å². The predicted octanol–water partition coefficient (Wildman–Crippen LogP) is 2.77. The van der Waals surface area contributed by atoms with Crippen LogP contribution in [0.5, 0.6) is 0 Å². The van der Waals surface area contributed by atoms with Crippen molar-refractivity contribution >= 4 is 23.5 Å². The lowest BCUT2D eigenvalue weighted by atomic mass is 10.0. The lowest BCUT2D eigenvalue weighted by Gasteiger charge is -2.21. The van der Waals surface area contributed by atoms with Crippen LogP contribution in [0.25, 0.3) is 0 Å². The van der Waals surface area contributed by atoms with E-state index in [-0.39, 0.29) is 5.78 Å². The third-order valence-electron chi connectivity index (χ3n) is 2.84. The predicted molar refractivity (Wildman–Crippen MR) is 66.7 cm³/mol. The van der Waals surface area contributed by atoms with E-state index < -0.39 is 12.4 Å². The number of carboxylic acid groups (broad SMARTS) is 1. The number of hydrogen-bond donors (Lipinski definition) is 1. The molecular weight excluding hydrogens is 236 g/mol. The number of carbonyl (C=O) groups is 2. The Morgan fingerprint density at radius 3 is 2.94 bits per heavy atom. The fourth-order valence-corrected chi connectivity index (χ4v) is 3.07. The Balaban J connectivity index is 2.22. The zero-order valence-corrected chi connectivity index (χ0v) is 10.4. The molecule has 1 aromatic carbocycles. The van der Waals surface area contributed by atoms with Crippen molar-refractivity contribution in [3.05, 3.63) is 29.3 Å². The molecule has 17 heavy (non-hydrogen) atoms. The number of carboxylic acids is 1. The van der Waals surface area contributed by atoms with E-state index in [4.69, 9.17) is 5.11 Å². The summed E-state index contributed by atoms with van der Waals surface area (Å²) >= 11 is 1.82. The smallest absolute Gasteiger partial charge is 0.311 e. The zero-order valence-electron chi connectivity index (χ0n) is 9.60. The van der Waals surface area contributed by atoms with Gasteiger partial charge in [-0.1, -0.05) is 13.0 Å².